The van der Waals surface area contributed by atoms with E-state index in [1.165, 1.54) is 13.0 Å². The van der Waals surface area contributed by atoms with Crippen molar-refractivity contribution in [2.75, 3.05) is 46.4 Å². The highest BCUT2D eigenvalue weighted by Crippen LogP contribution is 2.39. The lowest BCUT2D eigenvalue weighted by molar-refractivity contribution is -0.323. The van der Waals surface area contributed by atoms with Crippen LogP contribution >= 0.6 is 0 Å². The van der Waals surface area contributed by atoms with Crippen LogP contribution in [0.4, 0.5) is 0 Å². The summed E-state index contributed by atoms with van der Waals surface area (Å²) in [4.78, 5) is 29.1. The average Bonchev–Trinajstić information content (AvgIpc) is 3.17. The van der Waals surface area contributed by atoms with Crippen LogP contribution in [-0.2, 0) is 33.3 Å². The van der Waals surface area contributed by atoms with Crippen molar-refractivity contribution in [1.29, 1.82) is 0 Å². The molecule has 0 spiro atoms. The summed E-state index contributed by atoms with van der Waals surface area (Å²) in [6, 6.07) is -1.34. The maximum absolute atomic E-state index is 14.3. The van der Waals surface area contributed by atoms with Crippen molar-refractivity contribution in [2.45, 2.75) is 201 Å². The molecule has 0 radical (unpaired) electrons. The number of rotatable bonds is 7. The number of likely N-dealkylation sites (N-methyl/N-ethyl adjacent to an activating group) is 1. The number of nitrogens with zero attached hydrogens (tertiary/aromatic N) is 2. The van der Waals surface area contributed by atoms with Gasteiger partial charge >= 0.3 is 5.97 Å². The topological polar surface area (TPSA) is 394 Å². The molecule has 0 saturated carbocycles. The summed E-state index contributed by atoms with van der Waals surface area (Å²) in [7, 11) is 1.93. The SMILES string of the molecule is CC1[C@H](C)OC(=O)C[C@H](O)C[C@H](O)CC[C@@H](O)[C@H](O)C[C@H](O)C[C@]2(O)C[C@H](O)C(C(=O)NN3CCN(C)CC3)C(C[C@@H](OC3O[C@H](C)[C@@H](O)[C@H](NC[C@@]4(O)OC[C@@H](O)[C@@H](O)[C@@H]4O)[C@@H]3O)/C=C/C=C/C=C/C=C/C=C/C=C/C=C/[C@H](C)[C@H]1O)O2. The number of carbonyl (C=O) groups excluding carboxylic acids is 2. The van der Waals surface area contributed by atoms with Crippen LogP contribution in [0.1, 0.15) is 79.1 Å². The molecule has 2 bridgehead atoms. The van der Waals surface area contributed by atoms with Crippen molar-refractivity contribution < 1.29 is 105 Å². The van der Waals surface area contributed by atoms with Crippen LogP contribution in [0.2, 0.25) is 0 Å². The Morgan fingerprint density at radius 3 is 1.88 bits per heavy atom. The number of esters is 1. The summed E-state index contributed by atoms with van der Waals surface area (Å²) >= 11 is 0. The predicted molar refractivity (Wildman–Crippen MR) is 299 cm³/mol. The largest absolute Gasteiger partial charge is 0.462 e. The third-order valence-electron chi connectivity index (χ3n) is 16.0. The molecule has 472 valence electrons. The van der Waals surface area contributed by atoms with Gasteiger partial charge < -0.3 is 105 Å². The zero-order chi connectivity index (χ0) is 61.2. The summed E-state index contributed by atoms with van der Waals surface area (Å²) < 4.78 is 29.5. The average molecular weight is 1180 g/mol. The van der Waals surface area contributed by atoms with Crippen LogP contribution in [0.3, 0.4) is 0 Å². The van der Waals surface area contributed by atoms with Gasteiger partial charge in [-0.25, -0.2) is 5.01 Å². The van der Waals surface area contributed by atoms with E-state index in [1.807, 2.05) is 20.0 Å². The van der Waals surface area contributed by atoms with Gasteiger partial charge in [-0.3, -0.25) is 15.0 Å². The number of aliphatic hydroxyl groups excluding tert-OH is 12. The van der Waals surface area contributed by atoms with E-state index in [2.05, 4.69) is 15.6 Å². The first-order valence-electron chi connectivity index (χ1n) is 28.8. The number of aliphatic hydroxyl groups is 14. The Labute approximate surface area is 485 Å². The van der Waals surface area contributed by atoms with E-state index in [0.29, 0.717) is 26.2 Å². The molecule has 25 nitrogen and oxygen atoms in total. The maximum Gasteiger partial charge on any atom is 0.308 e. The third-order valence-corrected chi connectivity index (χ3v) is 16.0. The molecular formula is C58H94N4O21. The Balaban J connectivity index is 1.43. The van der Waals surface area contributed by atoms with E-state index < -0.39 is 184 Å². The highest BCUT2D eigenvalue weighted by atomic mass is 16.7. The summed E-state index contributed by atoms with van der Waals surface area (Å²) in [5.41, 5.74) is 2.86. The molecule has 5 aliphatic rings. The van der Waals surface area contributed by atoms with Gasteiger partial charge in [0.05, 0.1) is 98.7 Å². The minimum absolute atomic E-state index is 0.129. The van der Waals surface area contributed by atoms with Gasteiger partial charge in [0.25, 0.3) is 0 Å². The molecular weight excluding hydrogens is 1090 g/mol. The number of allylic oxidation sites excluding steroid dienone is 12. The summed E-state index contributed by atoms with van der Waals surface area (Å²) in [6.45, 7) is 7.62. The highest BCUT2D eigenvalue weighted by Gasteiger charge is 2.53. The molecule has 23 atom stereocenters. The van der Waals surface area contributed by atoms with E-state index in [1.54, 1.807) is 91.8 Å². The van der Waals surface area contributed by atoms with Crippen molar-refractivity contribution in [3.05, 3.63) is 85.1 Å². The molecule has 0 aromatic rings. The number of nitrogens with one attached hydrogen (secondary N) is 2. The molecule has 16 N–H and O–H groups in total. The lowest BCUT2D eigenvalue weighted by Gasteiger charge is -2.47. The van der Waals surface area contributed by atoms with Crippen LogP contribution in [0.25, 0.3) is 0 Å². The Hall–Kier alpha value is -3.72. The predicted octanol–water partition coefficient (Wildman–Crippen LogP) is -2.66. The zero-order valence-corrected chi connectivity index (χ0v) is 48.1. The molecule has 83 heavy (non-hydrogen) atoms. The van der Waals surface area contributed by atoms with Crippen LogP contribution in [-0.4, -0.2) is 261 Å². The maximum atomic E-state index is 14.3. The van der Waals surface area contributed by atoms with E-state index >= 15 is 0 Å². The molecule has 5 rings (SSSR count). The number of ether oxygens (including phenoxy) is 5. The van der Waals surface area contributed by atoms with Crippen molar-refractivity contribution in [1.82, 2.24) is 20.7 Å². The van der Waals surface area contributed by atoms with Gasteiger partial charge in [0.2, 0.25) is 11.7 Å². The second-order valence-corrected chi connectivity index (χ2v) is 23.0. The quantitative estimate of drug-likeness (QED) is 0.116. The smallest absolute Gasteiger partial charge is 0.308 e. The molecule has 1 amide bonds. The molecule has 0 aliphatic carbocycles. The number of amides is 1. The summed E-state index contributed by atoms with van der Waals surface area (Å²) in [5, 5.41) is 159. The fraction of sp³-hybridized carbons (Fsp3) is 0.724. The number of hydrazine groups is 1. The van der Waals surface area contributed by atoms with Crippen molar-refractivity contribution in [3.63, 3.8) is 0 Å². The normalized spacial score (nSPS) is 45.4. The van der Waals surface area contributed by atoms with Crippen molar-refractivity contribution >= 4 is 11.9 Å². The molecule has 0 aromatic carbocycles. The van der Waals surface area contributed by atoms with Crippen molar-refractivity contribution in [3.8, 4) is 0 Å². The van der Waals surface area contributed by atoms with Crippen LogP contribution in [0.15, 0.2) is 85.1 Å². The fourth-order valence-corrected chi connectivity index (χ4v) is 10.7. The number of hydrogen-bond donors (Lipinski definition) is 16. The van der Waals surface area contributed by atoms with Gasteiger partial charge in [0.1, 0.15) is 30.5 Å². The Morgan fingerprint density at radius 1 is 0.651 bits per heavy atom. The fourth-order valence-electron chi connectivity index (χ4n) is 10.7. The first-order valence-corrected chi connectivity index (χ1v) is 28.8. The monoisotopic (exact) mass is 1180 g/mol. The van der Waals surface area contributed by atoms with Gasteiger partial charge in [0, 0.05) is 63.7 Å². The third kappa shape index (κ3) is 21.6. The number of carbonyl (C=O) groups is 2. The van der Waals surface area contributed by atoms with Gasteiger partial charge in [-0.1, -0.05) is 98.9 Å². The second kappa shape index (κ2) is 33.4. The first-order chi connectivity index (χ1) is 39.2. The van der Waals surface area contributed by atoms with Crippen LogP contribution in [0, 0.1) is 17.8 Å². The van der Waals surface area contributed by atoms with E-state index in [9.17, 15) is 81.1 Å². The van der Waals surface area contributed by atoms with Gasteiger partial charge in [-0.15, -0.1) is 0 Å². The van der Waals surface area contributed by atoms with Crippen LogP contribution < -0.4 is 10.7 Å². The van der Waals surface area contributed by atoms with Gasteiger partial charge in [-0.05, 0) is 40.2 Å². The molecule has 4 fully saturated rings. The van der Waals surface area contributed by atoms with E-state index in [0.717, 1.165) is 0 Å². The van der Waals surface area contributed by atoms with Crippen LogP contribution in [0.5, 0.6) is 0 Å². The molecule has 0 aromatic heterocycles. The Morgan fingerprint density at radius 2 is 1.25 bits per heavy atom. The Kier molecular flexibility index (Phi) is 28.2. The number of hydrogen-bond acceptors (Lipinski definition) is 24. The molecule has 4 saturated heterocycles. The minimum Gasteiger partial charge on any atom is -0.462 e. The molecule has 4 unspecified atom stereocenters. The first kappa shape index (κ1) is 70.0. The van der Waals surface area contributed by atoms with Gasteiger partial charge in [0.15, 0.2) is 12.1 Å². The van der Waals surface area contributed by atoms with Crippen molar-refractivity contribution in [2.24, 2.45) is 17.8 Å². The second-order valence-electron chi connectivity index (χ2n) is 23.0. The molecule has 5 aliphatic heterocycles. The summed E-state index contributed by atoms with van der Waals surface area (Å²) in [6.07, 6.45) is -3.03. The van der Waals surface area contributed by atoms with E-state index in [4.69, 9.17) is 23.7 Å². The number of piperazine rings is 1. The minimum atomic E-state index is -2.47. The number of fused-ring (bicyclic) bond motifs is 2. The summed E-state index contributed by atoms with van der Waals surface area (Å²) in [5.74, 6) is -8.41. The standard InChI is InChI=1S/C58H94N4O21/c1-34-18-16-14-12-10-8-6-7-9-11-13-15-17-19-41(82-56-53(74)49(51(72)37(4)81-56)59-33-58(78)54(75)52(73)45(69)32-79-58)29-46-48(55(76)60-62-24-22-61(5)23-25-62)44(68)31-57(77,83-46)30-40(65)27-43(67)42(66)21-20-38(63)26-39(64)28-47(70)80-36(3)35(2)50(34)71/h6-19,34-46,48-54,56,59,63-69,71-75,77-78H,20-33H2,1-5H3,(H,60,76)/b7-6+,10-8+,11-9+,14-12+,15-13+,18-16+,19-17+/t34-,35?,36-,37+,38+,39+,40-,41-,42+,43+,44-,45+,46?,48?,49-,50+,51+,52+,53-,54-,56?,57+,58+/m0/s1. The van der Waals surface area contributed by atoms with Gasteiger partial charge in [-0.2, -0.15) is 0 Å². The molecule has 25 heteroatoms. The Bertz CT molecular complexity index is 2200. The lowest BCUT2D eigenvalue weighted by Crippen LogP contribution is -2.69. The van der Waals surface area contributed by atoms with E-state index in [-0.39, 0.29) is 31.6 Å². The molecule has 5 heterocycles. The zero-order valence-electron chi connectivity index (χ0n) is 48.1. The lowest BCUT2D eigenvalue weighted by atomic mass is 9.82. The number of cyclic esters (lactones) is 1. The highest BCUT2D eigenvalue weighted by molar-refractivity contribution is 5.79.